The van der Waals surface area contributed by atoms with Crippen molar-refractivity contribution in [2.45, 2.75) is 137 Å². The molecule has 7 nitrogen and oxygen atoms in total. The summed E-state index contributed by atoms with van der Waals surface area (Å²) in [5, 5.41) is 0. The van der Waals surface area contributed by atoms with Gasteiger partial charge in [0, 0.05) is 30.7 Å². The summed E-state index contributed by atoms with van der Waals surface area (Å²) in [6, 6.07) is 3.29. The first kappa shape index (κ1) is 33.8. The molecule has 1 unspecified atom stereocenters. The third-order valence-electron chi connectivity index (χ3n) is 11.0. The van der Waals surface area contributed by atoms with Crippen molar-refractivity contribution in [3.8, 4) is 0 Å². The van der Waals surface area contributed by atoms with Crippen LogP contribution in [0.15, 0.2) is 27.6 Å². The van der Waals surface area contributed by atoms with Crippen molar-refractivity contribution < 1.29 is 28.2 Å². The summed E-state index contributed by atoms with van der Waals surface area (Å²) in [6.07, 6.45) is 8.73. The fourth-order valence-corrected chi connectivity index (χ4v) is 9.46. The molecule has 0 radical (unpaired) electrons. The summed E-state index contributed by atoms with van der Waals surface area (Å²) < 4.78 is 23.7. The summed E-state index contributed by atoms with van der Waals surface area (Å²) >= 11 is 0. The van der Waals surface area contributed by atoms with Crippen LogP contribution in [0.3, 0.4) is 0 Å². The van der Waals surface area contributed by atoms with Crippen LogP contribution in [0.2, 0.25) is 0 Å². The second-order valence-electron chi connectivity index (χ2n) is 12.5. The monoisotopic (exact) mass is 592 g/mol. The zero-order valence-electron chi connectivity index (χ0n) is 26.5. The van der Waals surface area contributed by atoms with Gasteiger partial charge in [-0.3, -0.25) is 9.59 Å². The van der Waals surface area contributed by atoms with Crippen molar-refractivity contribution in [3.05, 3.63) is 34.4 Å². The summed E-state index contributed by atoms with van der Waals surface area (Å²) in [4.78, 5) is 35.8. The Bertz CT molecular complexity index is 1110. The molecule has 1 aliphatic heterocycles. The lowest BCUT2D eigenvalue weighted by molar-refractivity contribution is -0.168. The molecule has 1 saturated heterocycles. The van der Waals surface area contributed by atoms with Crippen LogP contribution in [0.25, 0.3) is 0 Å². The van der Waals surface area contributed by atoms with Crippen molar-refractivity contribution in [3.63, 3.8) is 0 Å². The van der Waals surface area contributed by atoms with Crippen molar-refractivity contribution >= 4 is 21.8 Å². The molecule has 0 amide bonds. The molecule has 0 bridgehead atoms. The van der Waals surface area contributed by atoms with Gasteiger partial charge in [0.05, 0.1) is 6.26 Å². The third kappa shape index (κ3) is 5.32. The number of epoxide rings is 1. The van der Waals surface area contributed by atoms with Gasteiger partial charge in [0.2, 0.25) is 0 Å². The maximum atomic E-state index is 12.2. The second-order valence-corrected chi connectivity index (χ2v) is 12.5. The summed E-state index contributed by atoms with van der Waals surface area (Å²) in [6.45, 7) is 16.1. The zero-order valence-corrected chi connectivity index (χ0v) is 27.9. The number of rotatable bonds is 4. The highest BCUT2D eigenvalue weighted by molar-refractivity contribution is 6.92. The Hall–Kier alpha value is -1.72. The van der Waals surface area contributed by atoms with Crippen LogP contribution in [0, 0.1) is 28.6 Å². The smallest absolute Gasteiger partial charge is 0.335 e. The summed E-state index contributed by atoms with van der Waals surface area (Å²) in [5.74, 6) is 1.01. The first-order valence-corrected chi connectivity index (χ1v) is 15.8. The Morgan fingerprint density at radius 3 is 2.29 bits per heavy atom. The van der Waals surface area contributed by atoms with Crippen molar-refractivity contribution in [2.24, 2.45) is 28.6 Å². The highest BCUT2D eigenvalue weighted by Gasteiger charge is 2.84. The molecule has 8 heteroatoms. The quantitative estimate of drug-likeness (QED) is 0.214. The minimum absolute atomic E-state index is 0. The van der Waals surface area contributed by atoms with E-state index in [0.29, 0.717) is 24.2 Å². The molecule has 1 spiro atoms. The standard InChI is InChI=1S/C29H38O7.2C2H6.H3P/c1-5-22(31)35-19-10-12-27(3)18(14-19)7-8-21-20(27)11-13-28(4)24(17-6-9-23(32)33-15-17)25(34-16(2)30)26-29(21,28)36-26;2*1-2;/h6,9,15,18-21,24-26H,5,7-8,10-14H2,1-4H3;2*1-2H3;1H3/t18-,19+,20+,21-,24+,25-,26-,27+,28-,29-;;;/m1.../s1. The number of fused-ring (bicyclic) bond motifs is 3. The van der Waals surface area contributed by atoms with Crippen LogP contribution in [-0.2, 0) is 23.8 Å². The second kappa shape index (κ2) is 12.9. The van der Waals surface area contributed by atoms with Crippen LogP contribution in [0.1, 0.15) is 118 Å². The Kier molecular flexibility index (Phi) is 10.6. The Labute approximate surface area is 249 Å². The van der Waals surface area contributed by atoms with Crippen LogP contribution in [-0.4, -0.2) is 35.9 Å². The highest BCUT2D eigenvalue weighted by Crippen LogP contribution is 2.78. The molecule has 0 aromatic carbocycles. The van der Waals surface area contributed by atoms with E-state index in [1.807, 2.05) is 40.7 Å². The molecule has 4 saturated carbocycles. The maximum Gasteiger partial charge on any atom is 0.335 e. The first-order chi connectivity index (χ1) is 19.1. The predicted octanol–water partition coefficient (Wildman–Crippen LogP) is 6.87. The van der Waals surface area contributed by atoms with Crippen molar-refractivity contribution in [2.75, 3.05) is 0 Å². The molecule has 232 valence electrons. The van der Waals surface area contributed by atoms with E-state index < -0.39 is 0 Å². The topological polar surface area (TPSA) is 95.3 Å². The molecule has 0 N–H and O–H groups in total. The number of hydrogen-bond donors (Lipinski definition) is 0. The third-order valence-corrected chi connectivity index (χ3v) is 11.0. The molecule has 2 heterocycles. The van der Waals surface area contributed by atoms with E-state index in [9.17, 15) is 14.4 Å². The Morgan fingerprint density at radius 1 is 0.976 bits per heavy atom. The van der Waals surface area contributed by atoms with Gasteiger partial charge in [0.25, 0.3) is 0 Å². The first-order valence-electron chi connectivity index (χ1n) is 15.8. The van der Waals surface area contributed by atoms with E-state index in [2.05, 4.69) is 13.8 Å². The van der Waals surface area contributed by atoms with Gasteiger partial charge in [-0.2, -0.15) is 9.90 Å². The van der Waals surface area contributed by atoms with Crippen LogP contribution in [0.5, 0.6) is 0 Å². The SMILES string of the molecule is CC.CC.CCC(=O)O[C@H]1CC[C@@]2(C)[C@H](CC[C@@H]3[C@@H]2CC[C@]2(C)[C@@H](c4ccc(=O)oc4)[C@@H](OC(C)=O)[C@H]4O[C@]342)C1.P. The zero-order chi connectivity index (χ0) is 29.5. The van der Waals surface area contributed by atoms with E-state index in [-0.39, 0.29) is 68.1 Å². The molecular formula is C33H53O7P. The Morgan fingerprint density at radius 2 is 1.68 bits per heavy atom. The number of esters is 2. The van der Waals surface area contributed by atoms with Gasteiger partial charge in [0.1, 0.15) is 23.9 Å². The molecule has 1 aromatic heterocycles. The summed E-state index contributed by atoms with van der Waals surface area (Å²) in [7, 11) is 0. The highest BCUT2D eigenvalue weighted by atomic mass is 31.0. The lowest BCUT2D eigenvalue weighted by Gasteiger charge is -2.61. The average molecular weight is 593 g/mol. The molecule has 6 rings (SSSR count). The fourth-order valence-electron chi connectivity index (χ4n) is 9.46. The van der Waals surface area contributed by atoms with Gasteiger partial charge >= 0.3 is 17.6 Å². The van der Waals surface area contributed by atoms with E-state index in [4.69, 9.17) is 18.6 Å². The molecular weight excluding hydrogens is 539 g/mol. The molecule has 5 aliphatic rings. The summed E-state index contributed by atoms with van der Waals surface area (Å²) in [5.41, 5.74) is 0.193. The predicted molar refractivity (Wildman–Crippen MR) is 164 cm³/mol. The Balaban J connectivity index is 0.000000887. The van der Waals surface area contributed by atoms with E-state index in [0.717, 1.165) is 50.5 Å². The minimum atomic E-state index is -0.381. The number of carbonyl (C=O) groups is 2. The van der Waals surface area contributed by atoms with Gasteiger partial charge in [-0.05, 0) is 79.7 Å². The van der Waals surface area contributed by atoms with Gasteiger partial charge < -0.3 is 18.6 Å². The van der Waals surface area contributed by atoms with Gasteiger partial charge in [-0.15, -0.1) is 0 Å². The largest absolute Gasteiger partial charge is 0.462 e. The van der Waals surface area contributed by atoms with E-state index in [1.54, 1.807) is 6.26 Å². The van der Waals surface area contributed by atoms with Crippen molar-refractivity contribution in [1.82, 2.24) is 0 Å². The van der Waals surface area contributed by atoms with Crippen LogP contribution < -0.4 is 5.63 Å². The van der Waals surface area contributed by atoms with Gasteiger partial charge in [-0.1, -0.05) is 48.5 Å². The van der Waals surface area contributed by atoms with Crippen molar-refractivity contribution in [1.29, 1.82) is 0 Å². The van der Waals surface area contributed by atoms with Gasteiger partial charge in [0.15, 0.2) is 0 Å². The molecule has 41 heavy (non-hydrogen) atoms. The number of carbonyl (C=O) groups excluding carboxylic acids is 2. The normalized spacial score (nSPS) is 41.1. The fraction of sp³-hybridized carbons (Fsp3) is 0.788. The molecule has 4 aliphatic carbocycles. The molecule has 1 aromatic rings. The lowest BCUT2D eigenvalue weighted by atomic mass is 9.44. The van der Waals surface area contributed by atoms with E-state index in [1.165, 1.54) is 13.0 Å². The van der Waals surface area contributed by atoms with Crippen LogP contribution >= 0.6 is 9.90 Å². The van der Waals surface area contributed by atoms with Crippen LogP contribution in [0.4, 0.5) is 0 Å². The maximum absolute atomic E-state index is 12.2. The van der Waals surface area contributed by atoms with Gasteiger partial charge in [-0.25, -0.2) is 4.79 Å². The lowest BCUT2D eigenvalue weighted by Crippen LogP contribution is -2.58. The molecule has 5 fully saturated rings. The molecule has 11 atom stereocenters. The minimum Gasteiger partial charge on any atom is -0.462 e. The number of hydrogen-bond acceptors (Lipinski definition) is 7. The number of ether oxygens (including phenoxy) is 3. The van der Waals surface area contributed by atoms with E-state index >= 15 is 0 Å². The average Bonchev–Trinajstić information content (AvgIpc) is 3.66.